The Balaban J connectivity index is 2.57. The summed E-state index contributed by atoms with van der Waals surface area (Å²) >= 11 is 0. The molecule has 7 nitrogen and oxygen atoms in total. The summed E-state index contributed by atoms with van der Waals surface area (Å²) in [6, 6.07) is 3.65. The Morgan fingerprint density at radius 2 is 1.79 bits per heavy atom. The minimum atomic E-state index is -1.92. The molecular weight excluding hydrogens is 256 g/mol. The van der Waals surface area contributed by atoms with Crippen LogP contribution in [0.4, 0.5) is 0 Å². The molecule has 1 aromatic carbocycles. The zero-order valence-corrected chi connectivity index (χ0v) is 9.66. The summed E-state index contributed by atoms with van der Waals surface area (Å²) < 4.78 is 9.59. The van der Waals surface area contributed by atoms with Crippen LogP contribution < -0.4 is 0 Å². The van der Waals surface area contributed by atoms with Gasteiger partial charge in [-0.25, -0.2) is 14.4 Å². The van der Waals surface area contributed by atoms with Crippen molar-refractivity contribution in [2.24, 2.45) is 0 Å². The van der Waals surface area contributed by atoms with Crippen molar-refractivity contribution in [3.05, 3.63) is 34.9 Å². The maximum Gasteiger partial charge on any atom is 0.338 e. The molecule has 7 heteroatoms. The lowest BCUT2D eigenvalue weighted by molar-refractivity contribution is -0.147. The maximum atomic E-state index is 11.7. The molecule has 0 amide bonds. The monoisotopic (exact) mass is 266 g/mol. The van der Waals surface area contributed by atoms with Gasteiger partial charge in [0.2, 0.25) is 0 Å². The van der Waals surface area contributed by atoms with Gasteiger partial charge in [-0.3, -0.25) is 0 Å². The lowest BCUT2D eigenvalue weighted by atomic mass is 9.99. The van der Waals surface area contributed by atoms with E-state index >= 15 is 0 Å². The highest BCUT2D eigenvalue weighted by Crippen LogP contribution is 2.22. The Morgan fingerprint density at radius 1 is 1.16 bits per heavy atom. The van der Waals surface area contributed by atoms with Crippen LogP contribution in [0.15, 0.2) is 18.2 Å². The molecule has 2 heterocycles. The highest BCUT2D eigenvalue weighted by Gasteiger charge is 2.26. The van der Waals surface area contributed by atoms with Gasteiger partial charge in [0.25, 0.3) is 0 Å². The molecule has 100 valence electrons. The normalized spacial score (nSPS) is 16.5. The number of aliphatic hydroxyl groups excluding tert-OH is 1. The first-order chi connectivity index (χ1) is 9.00. The number of carboxylic acid groups (broad SMARTS) is 1. The second-order valence-corrected chi connectivity index (χ2v) is 3.81. The number of carbonyl (C=O) groups is 3. The van der Waals surface area contributed by atoms with Crippen molar-refractivity contribution in [2.75, 3.05) is 13.2 Å². The smallest absolute Gasteiger partial charge is 0.338 e. The second kappa shape index (κ2) is 5.07. The predicted molar refractivity (Wildman–Crippen MR) is 59.6 cm³/mol. The average molecular weight is 266 g/mol. The molecule has 0 fully saturated rings. The second-order valence-electron chi connectivity index (χ2n) is 3.81. The van der Waals surface area contributed by atoms with E-state index < -0.39 is 24.0 Å². The van der Waals surface area contributed by atoms with E-state index in [0.717, 1.165) is 6.07 Å². The molecule has 1 aromatic rings. The Hall–Kier alpha value is -2.41. The van der Waals surface area contributed by atoms with Crippen molar-refractivity contribution in [1.82, 2.24) is 0 Å². The van der Waals surface area contributed by atoms with Crippen LogP contribution in [-0.4, -0.2) is 41.3 Å². The number of carbonyl (C=O) groups excluding carboxylic acids is 2. The summed E-state index contributed by atoms with van der Waals surface area (Å²) in [5.74, 6) is -2.99. The fourth-order valence-corrected chi connectivity index (χ4v) is 1.66. The van der Waals surface area contributed by atoms with Crippen molar-refractivity contribution in [2.45, 2.75) is 6.10 Å². The molecule has 0 aromatic heterocycles. The van der Waals surface area contributed by atoms with E-state index in [4.69, 9.17) is 14.6 Å². The molecule has 0 saturated heterocycles. The zero-order valence-electron chi connectivity index (χ0n) is 9.66. The maximum absolute atomic E-state index is 11.7. The first-order valence-electron chi connectivity index (χ1n) is 5.40. The standard InChI is InChI=1S/C12H10O7/c13-9(10(14)15)8-5-6-1-2-7(8)12(17)19-4-3-18-11(6)16/h1-2,5,9,13H,3-4H2,(H,14,15). The predicted octanol–water partition coefficient (Wildman–Crippen LogP) is 0.132. The first-order valence-corrected chi connectivity index (χ1v) is 5.40. The van der Waals surface area contributed by atoms with Gasteiger partial charge in [0.15, 0.2) is 6.10 Å². The molecule has 0 radical (unpaired) electrons. The lowest BCUT2D eigenvalue weighted by Gasteiger charge is -2.15. The summed E-state index contributed by atoms with van der Waals surface area (Å²) in [5.41, 5.74) is -0.226. The van der Waals surface area contributed by atoms with Crippen molar-refractivity contribution < 1.29 is 34.1 Å². The van der Waals surface area contributed by atoms with E-state index in [2.05, 4.69) is 0 Å². The number of aliphatic carboxylic acids is 1. The summed E-state index contributed by atoms with van der Waals surface area (Å²) in [5, 5.41) is 18.4. The molecular formula is C12H10O7. The molecule has 3 rings (SSSR count). The van der Waals surface area contributed by atoms with Crippen molar-refractivity contribution in [3.8, 4) is 0 Å². The van der Waals surface area contributed by atoms with Gasteiger partial charge in [0.05, 0.1) is 11.1 Å². The summed E-state index contributed by atoms with van der Waals surface area (Å²) in [4.78, 5) is 34.1. The number of hydrogen-bond acceptors (Lipinski definition) is 6. The highest BCUT2D eigenvalue weighted by molar-refractivity contribution is 5.96. The van der Waals surface area contributed by atoms with E-state index in [-0.39, 0.29) is 29.9 Å². The van der Waals surface area contributed by atoms with E-state index in [1.807, 2.05) is 0 Å². The molecule has 2 N–H and O–H groups in total. The van der Waals surface area contributed by atoms with Gasteiger partial charge in [-0.05, 0) is 18.2 Å². The minimum absolute atomic E-state index is 0.0637. The minimum Gasteiger partial charge on any atom is -0.479 e. The Labute approximate surface area is 107 Å². The van der Waals surface area contributed by atoms with Crippen LogP contribution in [-0.2, 0) is 14.3 Å². The largest absolute Gasteiger partial charge is 0.479 e. The van der Waals surface area contributed by atoms with Crippen LogP contribution in [0.5, 0.6) is 0 Å². The number of carboxylic acids is 1. The average Bonchev–Trinajstić information content (AvgIpc) is 2.41. The lowest BCUT2D eigenvalue weighted by Crippen LogP contribution is -2.21. The SMILES string of the molecule is O=C1OCCOC(=O)c2ccc1cc2C(O)C(=O)O. The van der Waals surface area contributed by atoms with Crippen LogP contribution >= 0.6 is 0 Å². The fraction of sp³-hybridized carbons (Fsp3) is 0.250. The van der Waals surface area contributed by atoms with Gasteiger partial charge in [0, 0.05) is 5.56 Å². The number of aliphatic hydroxyl groups is 1. The summed E-state index contributed by atoms with van der Waals surface area (Å²) in [6.07, 6.45) is -1.92. The van der Waals surface area contributed by atoms with Gasteiger partial charge in [-0.15, -0.1) is 0 Å². The van der Waals surface area contributed by atoms with Crippen LogP contribution in [0.25, 0.3) is 0 Å². The number of fused-ring (bicyclic) bond motifs is 7. The molecule has 0 aliphatic carbocycles. The zero-order chi connectivity index (χ0) is 14.0. The molecule has 2 aliphatic rings. The molecule has 0 spiro atoms. The molecule has 0 saturated carbocycles. The van der Waals surface area contributed by atoms with Crippen LogP contribution in [0, 0.1) is 0 Å². The van der Waals surface area contributed by atoms with Crippen molar-refractivity contribution in [1.29, 1.82) is 0 Å². The number of hydrogen-bond donors (Lipinski definition) is 2. The van der Waals surface area contributed by atoms with Gasteiger partial charge in [0.1, 0.15) is 13.2 Å². The van der Waals surface area contributed by atoms with Gasteiger partial charge >= 0.3 is 17.9 Å². The molecule has 2 aliphatic heterocycles. The van der Waals surface area contributed by atoms with Crippen LogP contribution in [0.1, 0.15) is 32.4 Å². The fourth-order valence-electron chi connectivity index (χ4n) is 1.66. The summed E-state index contributed by atoms with van der Waals surface area (Å²) in [7, 11) is 0. The Kier molecular flexibility index (Phi) is 3.48. The number of esters is 2. The van der Waals surface area contributed by atoms with Gasteiger partial charge < -0.3 is 19.7 Å². The third-order valence-electron chi connectivity index (χ3n) is 2.59. The number of rotatable bonds is 2. The van der Waals surface area contributed by atoms with Gasteiger partial charge in [-0.1, -0.05) is 0 Å². The molecule has 1 unspecified atom stereocenters. The molecule has 2 bridgehead atoms. The van der Waals surface area contributed by atoms with Crippen LogP contribution in [0.2, 0.25) is 0 Å². The Morgan fingerprint density at radius 3 is 2.42 bits per heavy atom. The summed E-state index contributed by atoms with van der Waals surface area (Å²) in [6.45, 7) is -0.217. The molecule has 19 heavy (non-hydrogen) atoms. The van der Waals surface area contributed by atoms with Gasteiger partial charge in [-0.2, -0.15) is 0 Å². The third-order valence-corrected chi connectivity index (χ3v) is 2.59. The first kappa shape index (κ1) is 13.0. The third kappa shape index (κ3) is 2.55. The van der Waals surface area contributed by atoms with Crippen molar-refractivity contribution >= 4 is 17.9 Å². The quantitative estimate of drug-likeness (QED) is 0.732. The van der Waals surface area contributed by atoms with Crippen LogP contribution in [0.3, 0.4) is 0 Å². The van der Waals surface area contributed by atoms with E-state index in [0.29, 0.717) is 0 Å². The van der Waals surface area contributed by atoms with E-state index in [9.17, 15) is 19.5 Å². The van der Waals surface area contributed by atoms with E-state index in [1.165, 1.54) is 12.1 Å². The molecule has 1 atom stereocenters. The highest BCUT2D eigenvalue weighted by atomic mass is 16.6. The van der Waals surface area contributed by atoms with Crippen molar-refractivity contribution in [3.63, 3.8) is 0 Å². The van der Waals surface area contributed by atoms with E-state index in [1.54, 1.807) is 0 Å². The Bertz CT molecular complexity index is 549. The number of ether oxygens (including phenoxy) is 2. The number of benzene rings is 1. The topological polar surface area (TPSA) is 110 Å².